The maximum atomic E-state index is 13.4. The maximum Gasteiger partial charge on any atom is 0.279 e. The number of para-hydroxylation sites is 1. The van der Waals surface area contributed by atoms with Crippen LogP contribution in [0.15, 0.2) is 67.4 Å². The Bertz CT molecular complexity index is 1260. The van der Waals surface area contributed by atoms with Crippen molar-refractivity contribution in [2.75, 3.05) is 39.2 Å². The van der Waals surface area contributed by atoms with Crippen LogP contribution >= 0.6 is 0 Å². The Morgan fingerprint density at radius 1 is 1.22 bits per heavy atom. The van der Waals surface area contributed by atoms with E-state index in [0.717, 1.165) is 42.4 Å². The zero-order chi connectivity index (χ0) is 25.3. The molecule has 8 heteroatoms. The topological polar surface area (TPSA) is 80.7 Å². The van der Waals surface area contributed by atoms with Gasteiger partial charge in [0.2, 0.25) is 0 Å². The average molecular weight is 569 g/mol. The lowest BCUT2D eigenvalue weighted by Gasteiger charge is -2.57. The third-order valence-corrected chi connectivity index (χ3v) is 8.14. The van der Waals surface area contributed by atoms with Gasteiger partial charge in [0.25, 0.3) is 5.91 Å². The van der Waals surface area contributed by atoms with E-state index < -0.39 is 6.10 Å². The van der Waals surface area contributed by atoms with Crippen molar-refractivity contribution in [3.63, 3.8) is 0 Å². The summed E-state index contributed by atoms with van der Waals surface area (Å²) in [6.45, 7) is 6.01. The number of hydrogen-bond acceptors (Lipinski definition) is 5. The molecule has 5 atom stereocenters. The summed E-state index contributed by atoms with van der Waals surface area (Å²) in [5.74, 6) is 1.94. The van der Waals surface area contributed by atoms with Gasteiger partial charge in [0.15, 0.2) is 6.54 Å². The number of carbonyl (C=O) groups is 1. The molecule has 3 aliphatic heterocycles. The molecule has 2 N–H and O–H groups in total. The Morgan fingerprint density at radius 3 is 2.65 bits per heavy atom. The number of halogens is 1. The van der Waals surface area contributed by atoms with E-state index in [2.05, 4.69) is 16.9 Å². The van der Waals surface area contributed by atoms with Crippen LogP contribution in [-0.4, -0.2) is 60.4 Å². The second kappa shape index (κ2) is 11.2. The Hall–Kier alpha value is -2.94. The molecule has 0 saturated carbocycles. The number of carbonyl (C=O) groups excluding carboxylic acids is 1. The first-order chi connectivity index (χ1) is 17.5. The molecular formula is C29H34BrN3O4. The SMILES string of the molecule is C=C[C@H]1C[N@+]2(CC(=O)Nc3cc(OC)cc(OC)c3)CC[C@H]1C[C@@H]2[C@@H](O)c1ccnc2ccccc12.[Br-]. The van der Waals surface area contributed by atoms with Crippen molar-refractivity contribution < 1.29 is 40.8 Å². The predicted octanol–water partition coefficient (Wildman–Crippen LogP) is 1.34. The Kier molecular flexibility index (Phi) is 8.21. The number of piperidine rings is 3. The van der Waals surface area contributed by atoms with Crippen molar-refractivity contribution in [3.8, 4) is 11.5 Å². The molecule has 3 aliphatic rings. The second-order valence-corrected chi connectivity index (χ2v) is 10.0. The molecule has 3 aromatic rings. The smallest absolute Gasteiger partial charge is 0.279 e. The highest BCUT2D eigenvalue weighted by molar-refractivity contribution is 5.92. The van der Waals surface area contributed by atoms with Gasteiger partial charge in [-0.15, -0.1) is 6.58 Å². The third kappa shape index (κ3) is 5.23. The maximum absolute atomic E-state index is 13.4. The van der Waals surface area contributed by atoms with Gasteiger partial charge in [-0.25, -0.2) is 0 Å². The van der Waals surface area contributed by atoms with Gasteiger partial charge in [-0.3, -0.25) is 9.78 Å². The molecule has 2 bridgehead atoms. The van der Waals surface area contributed by atoms with E-state index in [0.29, 0.717) is 33.5 Å². The largest absolute Gasteiger partial charge is 1.00 e. The van der Waals surface area contributed by atoms with E-state index in [9.17, 15) is 9.90 Å². The first-order valence-electron chi connectivity index (χ1n) is 12.5. The van der Waals surface area contributed by atoms with Gasteiger partial charge in [-0.1, -0.05) is 24.3 Å². The Morgan fingerprint density at radius 2 is 1.95 bits per heavy atom. The fraction of sp³-hybridized carbons (Fsp3) is 0.379. The molecule has 3 fully saturated rings. The highest BCUT2D eigenvalue weighted by Gasteiger charge is 2.54. The number of pyridine rings is 1. The van der Waals surface area contributed by atoms with E-state index in [1.165, 1.54) is 0 Å². The van der Waals surface area contributed by atoms with Crippen molar-refractivity contribution in [3.05, 3.63) is 72.9 Å². The van der Waals surface area contributed by atoms with Crippen molar-refractivity contribution in [2.45, 2.75) is 25.0 Å². The van der Waals surface area contributed by atoms with E-state index >= 15 is 0 Å². The van der Waals surface area contributed by atoms with Crippen LogP contribution in [0.4, 0.5) is 5.69 Å². The first kappa shape index (κ1) is 27.1. The number of aliphatic hydroxyl groups is 1. The number of aromatic nitrogens is 1. The number of aliphatic hydroxyl groups excluding tert-OH is 1. The number of hydrogen-bond donors (Lipinski definition) is 2. The van der Waals surface area contributed by atoms with Gasteiger partial charge in [0, 0.05) is 54.2 Å². The number of amides is 1. The quantitative estimate of drug-likeness (QED) is 0.317. The van der Waals surface area contributed by atoms with Crippen LogP contribution in [0.1, 0.15) is 24.5 Å². The molecule has 2 aromatic carbocycles. The highest BCUT2D eigenvalue weighted by atomic mass is 79.9. The molecule has 0 radical (unpaired) electrons. The van der Waals surface area contributed by atoms with Crippen LogP contribution in [0.2, 0.25) is 0 Å². The summed E-state index contributed by atoms with van der Waals surface area (Å²) in [5, 5.41) is 15.8. The summed E-state index contributed by atoms with van der Waals surface area (Å²) >= 11 is 0. The lowest BCUT2D eigenvalue weighted by molar-refractivity contribution is -0.966. The number of nitrogens with zero attached hydrogens (tertiary/aromatic N) is 2. The summed E-state index contributed by atoms with van der Waals surface area (Å²) in [5.41, 5.74) is 2.37. The molecule has 3 saturated heterocycles. The number of nitrogens with one attached hydrogen (secondary N) is 1. The van der Waals surface area contributed by atoms with E-state index in [1.807, 2.05) is 36.4 Å². The molecule has 4 heterocycles. The van der Waals surface area contributed by atoms with E-state index in [-0.39, 0.29) is 35.5 Å². The van der Waals surface area contributed by atoms with Crippen LogP contribution in [0, 0.1) is 11.8 Å². The fourth-order valence-corrected chi connectivity index (χ4v) is 6.33. The van der Waals surface area contributed by atoms with Crippen molar-refractivity contribution in [2.24, 2.45) is 11.8 Å². The van der Waals surface area contributed by atoms with Gasteiger partial charge < -0.3 is 41.4 Å². The third-order valence-electron chi connectivity index (χ3n) is 8.14. The Labute approximate surface area is 228 Å². The molecule has 0 unspecified atom stereocenters. The zero-order valence-electron chi connectivity index (χ0n) is 21.3. The first-order valence-corrected chi connectivity index (χ1v) is 12.5. The van der Waals surface area contributed by atoms with Crippen molar-refractivity contribution in [1.29, 1.82) is 0 Å². The summed E-state index contributed by atoms with van der Waals surface area (Å²) in [7, 11) is 3.17. The number of methoxy groups -OCH3 is 2. The monoisotopic (exact) mass is 567 g/mol. The molecule has 196 valence electrons. The lowest BCUT2D eigenvalue weighted by atomic mass is 9.71. The molecule has 7 nitrogen and oxygen atoms in total. The van der Waals surface area contributed by atoms with Crippen LogP contribution in [-0.2, 0) is 4.79 Å². The minimum atomic E-state index is -0.698. The second-order valence-electron chi connectivity index (χ2n) is 10.0. The highest BCUT2D eigenvalue weighted by Crippen LogP contribution is 2.47. The molecular weight excluding hydrogens is 534 g/mol. The number of benzene rings is 2. The summed E-state index contributed by atoms with van der Waals surface area (Å²) in [4.78, 5) is 17.9. The minimum absolute atomic E-state index is 0. The van der Waals surface area contributed by atoms with Crippen LogP contribution in [0.3, 0.4) is 0 Å². The fourth-order valence-electron chi connectivity index (χ4n) is 6.33. The average Bonchev–Trinajstić information content (AvgIpc) is 2.91. The van der Waals surface area contributed by atoms with E-state index in [1.54, 1.807) is 38.6 Å². The predicted molar refractivity (Wildman–Crippen MR) is 140 cm³/mol. The standard InChI is InChI=1S/C29H33N3O4.BrH/c1-4-19-17-32(18-28(33)31-21-14-22(35-2)16-23(15-21)36-3)12-10-20(19)13-27(32)29(34)25-9-11-30-26-8-6-5-7-24(25)26;/h4-9,11,14-16,19-20,27,29,34H,1,10,12-13,17-18H2,2-3H3;1H/t19-,20-,27+,29-,32-;/m0./s1. The van der Waals surface area contributed by atoms with Crippen LogP contribution < -0.4 is 31.8 Å². The number of rotatable bonds is 8. The van der Waals surface area contributed by atoms with Gasteiger partial charge in [0.05, 0.1) is 32.8 Å². The van der Waals surface area contributed by atoms with Crippen molar-refractivity contribution in [1.82, 2.24) is 4.98 Å². The molecule has 1 amide bonds. The number of quaternary nitrogens is 1. The summed E-state index contributed by atoms with van der Waals surface area (Å²) in [6, 6.07) is 15.1. The lowest BCUT2D eigenvalue weighted by Crippen LogP contribution is -3.00. The van der Waals surface area contributed by atoms with Gasteiger partial charge in [-0.2, -0.15) is 0 Å². The summed E-state index contributed by atoms with van der Waals surface area (Å²) < 4.78 is 11.2. The minimum Gasteiger partial charge on any atom is -1.00 e. The van der Waals surface area contributed by atoms with Crippen molar-refractivity contribution >= 4 is 22.5 Å². The van der Waals surface area contributed by atoms with Crippen LogP contribution in [0.25, 0.3) is 10.9 Å². The number of anilines is 1. The molecule has 37 heavy (non-hydrogen) atoms. The Balaban J connectivity index is 0.00000320. The normalized spacial score (nSPS) is 25.1. The zero-order valence-corrected chi connectivity index (χ0v) is 22.9. The molecule has 0 aliphatic carbocycles. The number of ether oxygens (including phenoxy) is 2. The van der Waals surface area contributed by atoms with Gasteiger partial charge in [0.1, 0.15) is 23.6 Å². The summed E-state index contributed by atoms with van der Waals surface area (Å²) in [6.07, 6.45) is 4.98. The molecule has 6 rings (SSSR count). The molecule has 1 aromatic heterocycles. The van der Waals surface area contributed by atoms with Gasteiger partial charge in [-0.05, 0) is 23.6 Å². The molecule has 0 spiro atoms. The van der Waals surface area contributed by atoms with E-state index in [4.69, 9.17) is 9.47 Å². The number of fused-ring (bicyclic) bond motifs is 4. The van der Waals surface area contributed by atoms with Gasteiger partial charge >= 0.3 is 0 Å². The van der Waals surface area contributed by atoms with Crippen LogP contribution in [0.5, 0.6) is 11.5 Å².